The number of carbonyl (C=O) groups is 1. The van der Waals surface area contributed by atoms with E-state index < -0.39 is 0 Å². The Morgan fingerprint density at radius 2 is 2.27 bits per heavy atom. The summed E-state index contributed by atoms with van der Waals surface area (Å²) in [5.74, 6) is 1.57. The van der Waals surface area contributed by atoms with Crippen LogP contribution in [-0.4, -0.2) is 33.7 Å². The van der Waals surface area contributed by atoms with Gasteiger partial charge in [-0.3, -0.25) is 9.48 Å². The number of aromatic hydroxyl groups is 1. The van der Waals surface area contributed by atoms with Crippen molar-refractivity contribution in [2.24, 2.45) is 7.05 Å². The molecule has 0 saturated carbocycles. The Hall–Kier alpha value is -2.15. The maximum Gasteiger partial charge on any atom is 0.235 e. The lowest BCUT2D eigenvalue weighted by Crippen LogP contribution is -2.15. The van der Waals surface area contributed by atoms with Gasteiger partial charge in [-0.25, -0.2) is 0 Å². The number of aromatic nitrogens is 2. The van der Waals surface area contributed by atoms with E-state index >= 15 is 0 Å². The van der Waals surface area contributed by atoms with Crippen molar-refractivity contribution in [3.63, 3.8) is 0 Å². The summed E-state index contributed by atoms with van der Waals surface area (Å²) in [6.45, 7) is 1.93. The van der Waals surface area contributed by atoms with Gasteiger partial charge in [-0.2, -0.15) is 5.10 Å². The van der Waals surface area contributed by atoms with E-state index in [0.29, 0.717) is 11.5 Å². The van der Waals surface area contributed by atoms with Crippen LogP contribution in [-0.2, 0) is 11.8 Å². The number of phenols is 1. The summed E-state index contributed by atoms with van der Waals surface area (Å²) in [7, 11) is 3.33. The first-order chi connectivity index (χ1) is 10.5. The third-order valence-electron chi connectivity index (χ3n) is 3.68. The molecule has 2 heterocycles. The molecule has 0 radical (unpaired) electrons. The standard InChI is InChI=1S/C15H17N3O3S/c1-8-13-14(9-4-5-10(19)11(6-9)21-3)22-7-12(20)16-15(13)18(2)17-8/h4-6,14,19H,7H2,1-3H3,(H,16,20). The smallest absolute Gasteiger partial charge is 0.235 e. The van der Waals surface area contributed by atoms with Crippen LogP contribution in [0.25, 0.3) is 0 Å². The van der Waals surface area contributed by atoms with E-state index in [0.717, 1.165) is 22.6 Å². The molecule has 1 aliphatic rings. The number of phenolic OH excluding ortho intramolecular Hbond substituents is 1. The first-order valence-corrected chi connectivity index (χ1v) is 7.88. The van der Waals surface area contributed by atoms with Gasteiger partial charge in [0.1, 0.15) is 5.82 Å². The molecular formula is C15H17N3O3S. The number of nitrogens with one attached hydrogen (secondary N) is 1. The van der Waals surface area contributed by atoms with E-state index in [1.165, 1.54) is 18.9 Å². The quantitative estimate of drug-likeness (QED) is 0.887. The lowest BCUT2D eigenvalue weighted by molar-refractivity contribution is -0.113. The highest BCUT2D eigenvalue weighted by Crippen LogP contribution is 2.44. The van der Waals surface area contributed by atoms with Gasteiger partial charge in [-0.1, -0.05) is 6.07 Å². The molecule has 0 spiro atoms. The largest absolute Gasteiger partial charge is 0.504 e. The molecule has 1 amide bonds. The normalized spacial score (nSPS) is 17.6. The summed E-state index contributed by atoms with van der Waals surface area (Å²) < 4.78 is 6.88. The average molecular weight is 319 g/mol. The Kier molecular flexibility index (Phi) is 3.74. The number of anilines is 1. The Bertz CT molecular complexity index is 742. The Balaban J connectivity index is 2.13. The fraction of sp³-hybridized carbons (Fsp3) is 0.333. The van der Waals surface area contributed by atoms with E-state index in [2.05, 4.69) is 10.4 Å². The zero-order valence-corrected chi connectivity index (χ0v) is 13.4. The fourth-order valence-electron chi connectivity index (χ4n) is 2.67. The number of hydrogen-bond acceptors (Lipinski definition) is 5. The minimum atomic E-state index is -0.0443. The van der Waals surface area contributed by atoms with Crippen LogP contribution in [0.4, 0.5) is 5.82 Å². The number of amides is 1. The van der Waals surface area contributed by atoms with Gasteiger partial charge in [0.25, 0.3) is 0 Å². The SMILES string of the molecule is COc1cc(C2SCC(=O)Nc3c2c(C)nn3C)ccc1O. The van der Waals surface area contributed by atoms with Crippen LogP contribution < -0.4 is 10.1 Å². The van der Waals surface area contributed by atoms with Crippen molar-refractivity contribution in [3.8, 4) is 11.5 Å². The van der Waals surface area contributed by atoms with Crippen LogP contribution in [0.1, 0.15) is 22.1 Å². The molecule has 7 heteroatoms. The maximum absolute atomic E-state index is 11.9. The van der Waals surface area contributed by atoms with Crippen molar-refractivity contribution < 1.29 is 14.6 Å². The van der Waals surface area contributed by atoms with Crippen molar-refractivity contribution >= 4 is 23.5 Å². The van der Waals surface area contributed by atoms with E-state index in [1.54, 1.807) is 16.8 Å². The number of methoxy groups -OCH3 is 1. The van der Waals surface area contributed by atoms with Gasteiger partial charge in [0.2, 0.25) is 5.91 Å². The van der Waals surface area contributed by atoms with Crippen molar-refractivity contribution in [2.75, 3.05) is 18.2 Å². The summed E-state index contributed by atoms with van der Waals surface area (Å²) in [4.78, 5) is 11.9. The molecule has 1 aliphatic heterocycles. The second-order valence-electron chi connectivity index (χ2n) is 5.14. The first-order valence-electron chi connectivity index (χ1n) is 6.83. The summed E-state index contributed by atoms with van der Waals surface area (Å²) in [5.41, 5.74) is 2.84. The first kappa shape index (κ1) is 14.8. The lowest BCUT2D eigenvalue weighted by Gasteiger charge is -2.16. The zero-order valence-electron chi connectivity index (χ0n) is 12.6. The Morgan fingerprint density at radius 1 is 1.50 bits per heavy atom. The predicted molar refractivity (Wildman–Crippen MR) is 85.5 cm³/mol. The van der Waals surface area contributed by atoms with Crippen molar-refractivity contribution in [2.45, 2.75) is 12.2 Å². The molecule has 0 bridgehead atoms. The zero-order chi connectivity index (χ0) is 15.9. The molecule has 1 aromatic heterocycles. The third kappa shape index (κ3) is 2.41. The fourth-order valence-corrected chi connectivity index (χ4v) is 3.85. The van der Waals surface area contributed by atoms with Gasteiger partial charge in [0.05, 0.1) is 23.8 Å². The number of thioether (sulfide) groups is 1. The van der Waals surface area contributed by atoms with Gasteiger partial charge in [0.15, 0.2) is 11.5 Å². The minimum absolute atomic E-state index is 0.0394. The summed E-state index contributed by atoms with van der Waals surface area (Å²) in [6.07, 6.45) is 0. The van der Waals surface area contributed by atoms with Gasteiger partial charge in [-0.15, -0.1) is 11.8 Å². The van der Waals surface area contributed by atoms with Crippen LogP contribution in [0.3, 0.4) is 0 Å². The van der Waals surface area contributed by atoms with Crippen LogP contribution in [0.15, 0.2) is 18.2 Å². The molecule has 0 aliphatic carbocycles. The molecule has 1 aromatic carbocycles. The van der Waals surface area contributed by atoms with Crippen LogP contribution in [0.2, 0.25) is 0 Å². The molecule has 1 unspecified atom stereocenters. The molecular weight excluding hydrogens is 302 g/mol. The molecule has 2 aromatic rings. The number of aryl methyl sites for hydroxylation is 2. The number of hydrogen-bond donors (Lipinski definition) is 2. The highest BCUT2D eigenvalue weighted by atomic mass is 32.2. The van der Waals surface area contributed by atoms with Crippen molar-refractivity contribution in [1.82, 2.24) is 9.78 Å². The van der Waals surface area contributed by atoms with E-state index in [9.17, 15) is 9.90 Å². The molecule has 22 heavy (non-hydrogen) atoms. The summed E-state index contributed by atoms with van der Waals surface area (Å²) >= 11 is 1.54. The topological polar surface area (TPSA) is 76.4 Å². The highest BCUT2D eigenvalue weighted by molar-refractivity contribution is 8.00. The summed E-state index contributed by atoms with van der Waals surface area (Å²) in [5, 5.41) is 17.0. The number of carbonyl (C=O) groups excluding carboxylic acids is 1. The molecule has 1 atom stereocenters. The van der Waals surface area contributed by atoms with Crippen molar-refractivity contribution in [3.05, 3.63) is 35.0 Å². The molecule has 6 nitrogen and oxygen atoms in total. The molecule has 0 fully saturated rings. The van der Waals surface area contributed by atoms with Crippen molar-refractivity contribution in [1.29, 1.82) is 0 Å². The number of rotatable bonds is 2. The van der Waals surface area contributed by atoms with E-state index in [-0.39, 0.29) is 16.9 Å². The lowest BCUT2D eigenvalue weighted by atomic mass is 10.0. The van der Waals surface area contributed by atoms with Gasteiger partial charge < -0.3 is 15.2 Å². The van der Waals surface area contributed by atoms with Crippen LogP contribution in [0, 0.1) is 6.92 Å². The van der Waals surface area contributed by atoms with Gasteiger partial charge in [0, 0.05) is 12.6 Å². The second kappa shape index (κ2) is 5.57. The molecule has 116 valence electrons. The van der Waals surface area contributed by atoms with Gasteiger partial charge in [-0.05, 0) is 24.6 Å². The predicted octanol–water partition coefficient (Wildman–Crippen LogP) is 2.22. The minimum Gasteiger partial charge on any atom is -0.504 e. The monoisotopic (exact) mass is 319 g/mol. The third-order valence-corrected chi connectivity index (χ3v) is 4.95. The molecule has 3 rings (SSSR count). The maximum atomic E-state index is 11.9. The van der Waals surface area contributed by atoms with Crippen LogP contribution in [0.5, 0.6) is 11.5 Å². The Labute approximate surface area is 132 Å². The Morgan fingerprint density at radius 3 is 3.00 bits per heavy atom. The molecule has 2 N–H and O–H groups in total. The second-order valence-corrected chi connectivity index (χ2v) is 6.24. The summed E-state index contributed by atoms with van der Waals surface area (Å²) in [6, 6.07) is 5.26. The van der Waals surface area contributed by atoms with E-state index in [4.69, 9.17) is 4.74 Å². The number of ether oxygens (including phenoxy) is 1. The molecule has 0 saturated heterocycles. The number of fused-ring (bicyclic) bond motifs is 1. The van der Waals surface area contributed by atoms with Gasteiger partial charge >= 0.3 is 0 Å². The number of benzene rings is 1. The van der Waals surface area contributed by atoms with E-state index in [1.807, 2.05) is 20.0 Å². The average Bonchev–Trinajstić information content (AvgIpc) is 2.67. The highest BCUT2D eigenvalue weighted by Gasteiger charge is 2.29. The van der Waals surface area contributed by atoms with Crippen LogP contribution >= 0.6 is 11.8 Å². The number of nitrogens with zero attached hydrogens (tertiary/aromatic N) is 2.